The number of carboxylic acid groups (broad SMARTS) is 1. The quantitative estimate of drug-likeness (QED) is 0.253. The van der Waals surface area contributed by atoms with Gasteiger partial charge in [0, 0.05) is 24.9 Å². The minimum atomic E-state index is -1.29. The van der Waals surface area contributed by atoms with Gasteiger partial charge < -0.3 is 36.5 Å². The second-order valence-electron chi connectivity index (χ2n) is 6.38. The summed E-state index contributed by atoms with van der Waals surface area (Å²) in [5.41, 5.74) is 5.74. The summed E-state index contributed by atoms with van der Waals surface area (Å²) >= 11 is 0. The lowest BCUT2D eigenvalue weighted by Crippen LogP contribution is -2.57. The average Bonchev–Trinajstić information content (AvgIpc) is 3.36. The first-order chi connectivity index (χ1) is 13.4. The molecule has 1 saturated heterocycles. The Morgan fingerprint density at radius 1 is 1.32 bits per heavy atom. The van der Waals surface area contributed by atoms with Crippen LogP contribution in [0.4, 0.5) is 0 Å². The third-order valence-electron chi connectivity index (χ3n) is 4.43. The predicted molar refractivity (Wildman–Crippen MR) is 94.7 cm³/mol. The number of nitrogens with two attached hydrogens (primary N) is 1. The van der Waals surface area contributed by atoms with Crippen molar-refractivity contribution in [1.29, 1.82) is 0 Å². The second kappa shape index (κ2) is 9.80. The molecule has 0 saturated carbocycles. The lowest BCUT2D eigenvalue weighted by Gasteiger charge is -2.28. The number of hydrogen-bond acceptors (Lipinski definition) is 7. The number of likely N-dealkylation sites (tertiary alicyclic amines) is 1. The summed E-state index contributed by atoms with van der Waals surface area (Å²) in [4.78, 5) is 56.1. The first kappa shape index (κ1) is 21.3. The molecule has 12 heteroatoms. The molecule has 0 aromatic carbocycles. The first-order valence-electron chi connectivity index (χ1n) is 8.78. The lowest BCUT2D eigenvalue weighted by molar-refractivity contribution is -0.149. The Balaban J connectivity index is 2.16. The van der Waals surface area contributed by atoms with Crippen LogP contribution < -0.4 is 16.4 Å². The second-order valence-corrected chi connectivity index (χ2v) is 6.38. The van der Waals surface area contributed by atoms with Gasteiger partial charge in [0.1, 0.15) is 18.1 Å². The topological polar surface area (TPSA) is 191 Å². The molecule has 1 aliphatic rings. The van der Waals surface area contributed by atoms with Gasteiger partial charge in [-0.25, -0.2) is 9.78 Å². The molecule has 2 heterocycles. The van der Waals surface area contributed by atoms with E-state index >= 15 is 0 Å². The van der Waals surface area contributed by atoms with Crippen molar-refractivity contribution in [2.75, 3.05) is 19.7 Å². The number of aromatic amines is 1. The summed E-state index contributed by atoms with van der Waals surface area (Å²) < 4.78 is 0. The van der Waals surface area contributed by atoms with E-state index in [0.717, 1.165) is 0 Å². The summed E-state index contributed by atoms with van der Waals surface area (Å²) in [7, 11) is 0. The number of aromatic nitrogens is 2. The van der Waals surface area contributed by atoms with E-state index in [1.807, 2.05) is 0 Å². The number of aliphatic hydroxyl groups is 1. The number of carboxylic acids is 1. The molecule has 7 N–H and O–H groups in total. The van der Waals surface area contributed by atoms with Gasteiger partial charge in [-0.05, 0) is 12.8 Å². The maximum atomic E-state index is 13.0. The molecule has 0 bridgehead atoms. The van der Waals surface area contributed by atoms with Crippen molar-refractivity contribution in [1.82, 2.24) is 25.5 Å². The molecule has 3 amide bonds. The van der Waals surface area contributed by atoms with Crippen molar-refractivity contribution in [3.63, 3.8) is 0 Å². The number of aliphatic hydroxyl groups excluding tert-OH is 1. The van der Waals surface area contributed by atoms with Crippen LogP contribution in [0.3, 0.4) is 0 Å². The van der Waals surface area contributed by atoms with Crippen molar-refractivity contribution in [2.24, 2.45) is 5.73 Å². The van der Waals surface area contributed by atoms with E-state index < -0.39 is 48.4 Å². The SMILES string of the molecule is NCC(=O)NC(CO)C(=O)NC(Cc1cnc[nH]1)C(=O)N1CCCC1C(=O)O. The summed E-state index contributed by atoms with van der Waals surface area (Å²) in [5, 5.41) is 23.4. The van der Waals surface area contributed by atoms with E-state index in [4.69, 9.17) is 5.73 Å². The Morgan fingerprint density at radius 2 is 2.07 bits per heavy atom. The number of rotatable bonds is 9. The first-order valence-corrected chi connectivity index (χ1v) is 8.78. The fourth-order valence-electron chi connectivity index (χ4n) is 3.02. The maximum Gasteiger partial charge on any atom is 0.326 e. The normalized spacial score (nSPS) is 18.4. The fraction of sp³-hybridized carbons (Fsp3) is 0.562. The smallest absolute Gasteiger partial charge is 0.326 e. The van der Waals surface area contributed by atoms with Crippen molar-refractivity contribution < 1.29 is 29.4 Å². The van der Waals surface area contributed by atoms with Crippen LogP contribution in [0, 0.1) is 0 Å². The highest BCUT2D eigenvalue weighted by molar-refractivity contribution is 5.94. The summed E-state index contributed by atoms with van der Waals surface area (Å²) in [6, 6.07) is -3.35. The Kier molecular flexibility index (Phi) is 7.46. The number of carbonyl (C=O) groups excluding carboxylic acids is 3. The summed E-state index contributed by atoms with van der Waals surface area (Å²) in [6.45, 7) is -0.795. The van der Waals surface area contributed by atoms with Gasteiger partial charge in [0.15, 0.2) is 0 Å². The molecule has 154 valence electrons. The predicted octanol–water partition coefficient (Wildman–Crippen LogP) is -3.05. The standard InChI is InChI=1S/C16H24N6O6/c17-5-13(24)20-11(7-23)14(25)21-10(4-9-6-18-8-19-9)15(26)22-3-1-2-12(22)16(27)28/h6,8,10-12,23H,1-5,7,17H2,(H,18,19)(H,20,24)(H,21,25)(H,27,28). The van der Waals surface area contributed by atoms with E-state index in [1.165, 1.54) is 17.4 Å². The molecule has 3 unspecified atom stereocenters. The van der Waals surface area contributed by atoms with Gasteiger partial charge in [-0.1, -0.05) is 0 Å². The highest BCUT2D eigenvalue weighted by Crippen LogP contribution is 2.19. The van der Waals surface area contributed by atoms with E-state index in [2.05, 4.69) is 20.6 Å². The number of aliphatic carboxylic acids is 1. The Bertz CT molecular complexity index is 708. The van der Waals surface area contributed by atoms with Gasteiger partial charge in [-0.3, -0.25) is 14.4 Å². The van der Waals surface area contributed by atoms with Crippen LogP contribution in [0.25, 0.3) is 0 Å². The molecule has 0 spiro atoms. The van der Waals surface area contributed by atoms with Crippen LogP contribution >= 0.6 is 0 Å². The van der Waals surface area contributed by atoms with Crippen molar-refractivity contribution in [3.8, 4) is 0 Å². The van der Waals surface area contributed by atoms with Gasteiger partial charge in [-0.15, -0.1) is 0 Å². The molecule has 12 nitrogen and oxygen atoms in total. The molecule has 3 atom stereocenters. The van der Waals surface area contributed by atoms with E-state index in [0.29, 0.717) is 18.5 Å². The van der Waals surface area contributed by atoms with Crippen molar-refractivity contribution in [3.05, 3.63) is 18.2 Å². The Labute approximate surface area is 160 Å². The zero-order valence-electron chi connectivity index (χ0n) is 15.1. The van der Waals surface area contributed by atoms with E-state index in [1.54, 1.807) is 0 Å². The number of H-pyrrole nitrogens is 1. The highest BCUT2D eigenvalue weighted by atomic mass is 16.4. The number of carbonyl (C=O) groups is 4. The number of nitrogens with zero attached hydrogens (tertiary/aromatic N) is 2. The van der Waals surface area contributed by atoms with Gasteiger partial charge >= 0.3 is 5.97 Å². The van der Waals surface area contributed by atoms with Crippen LogP contribution in [-0.2, 0) is 25.6 Å². The Hall–Kier alpha value is -2.99. The van der Waals surface area contributed by atoms with Crippen LogP contribution in [0.15, 0.2) is 12.5 Å². The average molecular weight is 396 g/mol. The zero-order valence-corrected chi connectivity index (χ0v) is 15.1. The third-order valence-corrected chi connectivity index (χ3v) is 4.43. The lowest BCUT2D eigenvalue weighted by atomic mass is 10.1. The van der Waals surface area contributed by atoms with E-state index in [9.17, 15) is 29.4 Å². The molecular formula is C16H24N6O6. The monoisotopic (exact) mass is 396 g/mol. The fourth-order valence-corrected chi connectivity index (χ4v) is 3.02. The third kappa shape index (κ3) is 5.27. The molecule has 0 radical (unpaired) electrons. The van der Waals surface area contributed by atoms with Gasteiger partial charge in [0.05, 0.1) is 19.5 Å². The molecule has 1 aromatic rings. The molecular weight excluding hydrogens is 372 g/mol. The number of imidazole rings is 1. The molecule has 2 rings (SSSR count). The highest BCUT2D eigenvalue weighted by Gasteiger charge is 2.38. The minimum absolute atomic E-state index is 0.0381. The van der Waals surface area contributed by atoms with Crippen LogP contribution in [0.5, 0.6) is 0 Å². The molecule has 0 aliphatic carbocycles. The van der Waals surface area contributed by atoms with Gasteiger partial charge in [-0.2, -0.15) is 0 Å². The van der Waals surface area contributed by atoms with Gasteiger partial charge in [0.2, 0.25) is 17.7 Å². The molecule has 1 fully saturated rings. The van der Waals surface area contributed by atoms with Crippen LogP contribution in [-0.4, -0.2) is 86.6 Å². The summed E-state index contributed by atoms with van der Waals surface area (Å²) in [6.07, 6.45) is 3.80. The zero-order chi connectivity index (χ0) is 20.7. The van der Waals surface area contributed by atoms with Gasteiger partial charge in [0.25, 0.3) is 0 Å². The van der Waals surface area contributed by atoms with E-state index in [-0.39, 0.29) is 19.5 Å². The molecule has 1 aromatic heterocycles. The maximum absolute atomic E-state index is 13.0. The number of nitrogens with one attached hydrogen (secondary N) is 3. The Morgan fingerprint density at radius 3 is 2.64 bits per heavy atom. The minimum Gasteiger partial charge on any atom is -0.480 e. The largest absolute Gasteiger partial charge is 0.480 e. The van der Waals surface area contributed by atoms with Crippen LogP contribution in [0.1, 0.15) is 18.5 Å². The summed E-state index contributed by atoms with van der Waals surface area (Å²) in [5.74, 6) is -3.10. The number of hydrogen-bond donors (Lipinski definition) is 6. The molecule has 28 heavy (non-hydrogen) atoms. The van der Waals surface area contributed by atoms with Crippen molar-refractivity contribution in [2.45, 2.75) is 37.4 Å². The van der Waals surface area contributed by atoms with Crippen LogP contribution in [0.2, 0.25) is 0 Å². The van der Waals surface area contributed by atoms with Crippen molar-refractivity contribution >= 4 is 23.7 Å². The number of amides is 3. The molecule has 1 aliphatic heterocycles.